The van der Waals surface area contributed by atoms with Gasteiger partial charge in [0.25, 0.3) is 0 Å². The molecule has 0 fully saturated rings. The Morgan fingerprint density at radius 3 is 2.56 bits per heavy atom. The van der Waals surface area contributed by atoms with Gasteiger partial charge in [0.15, 0.2) is 0 Å². The van der Waals surface area contributed by atoms with Crippen molar-refractivity contribution in [1.82, 2.24) is 0 Å². The number of carbonyl (C=O) groups excluding carboxylic acids is 1. The van der Waals surface area contributed by atoms with Crippen molar-refractivity contribution in [2.45, 2.75) is 34.1 Å². The quantitative estimate of drug-likeness (QED) is 0.919. The Morgan fingerprint density at radius 2 is 2.11 bits per heavy atom. The molecule has 0 saturated heterocycles. The fourth-order valence-corrected chi connectivity index (χ4v) is 2.39. The lowest BCUT2D eigenvalue weighted by Gasteiger charge is -2.20. The highest BCUT2D eigenvalue weighted by atomic mass is 79.9. The van der Waals surface area contributed by atoms with Gasteiger partial charge in [-0.3, -0.25) is 4.79 Å². The van der Waals surface area contributed by atoms with Crippen molar-refractivity contribution in [3.63, 3.8) is 0 Å². The average molecular weight is 309 g/mol. The van der Waals surface area contributed by atoms with Crippen molar-refractivity contribution in [3.8, 4) is 6.07 Å². The van der Waals surface area contributed by atoms with Crippen LogP contribution in [-0.4, -0.2) is 5.91 Å². The minimum atomic E-state index is -0.989. The summed E-state index contributed by atoms with van der Waals surface area (Å²) < 4.78 is 0.838. The van der Waals surface area contributed by atoms with E-state index >= 15 is 0 Å². The molecule has 0 saturated carbocycles. The number of nitriles is 1. The zero-order valence-electron chi connectivity index (χ0n) is 11.1. The first-order chi connectivity index (χ1) is 8.34. The number of hydrogen-bond donors (Lipinski definition) is 1. The van der Waals surface area contributed by atoms with Gasteiger partial charge in [-0.25, -0.2) is 0 Å². The number of benzene rings is 1. The van der Waals surface area contributed by atoms with Crippen LogP contribution in [0.2, 0.25) is 0 Å². The van der Waals surface area contributed by atoms with Crippen molar-refractivity contribution in [3.05, 3.63) is 27.7 Å². The van der Waals surface area contributed by atoms with E-state index in [4.69, 9.17) is 5.26 Å². The number of halogens is 1. The predicted octanol–water partition coefficient (Wildman–Crippen LogP) is 3.94. The molecular weight excluding hydrogens is 292 g/mol. The average Bonchev–Trinajstić information content (AvgIpc) is 2.32. The topological polar surface area (TPSA) is 52.9 Å². The molecule has 0 heterocycles. The maximum Gasteiger partial charge on any atom is 0.244 e. The van der Waals surface area contributed by atoms with Gasteiger partial charge in [-0.2, -0.15) is 5.26 Å². The first-order valence-corrected chi connectivity index (χ1v) is 6.63. The summed E-state index contributed by atoms with van der Waals surface area (Å²) in [5.74, 6) is -0.264. The normalized spacial score (nSPS) is 13.6. The molecule has 1 N–H and O–H groups in total. The zero-order valence-corrected chi connectivity index (χ0v) is 12.7. The van der Waals surface area contributed by atoms with Gasteiger partial charge in [-0.15, -0.1) is 0 Å². The van der Waals surface area contributed by atoms with Gasteiger partial charge in [0, 0.05) is 4.47 Å². The summed E-state index contributed by atoms with van der Waals surface area (Å²) in [6, 6.07) is 6.01. The summed E-state index contributed by atoms with van der Waals surface area (Å²) >= 11 is 3.44. The Balaban J connectivity index is 3.07. The Morgan fingerprint density at radius 1 is 1.50 bits per heavy atom. The molecule has 18 heavy (non-hydrogen) atoms. The van der Waals surface area contributed by atoms with E-state index in [2.05, 4.69) is 27.3 Å². The van der Waals surface area contributed by atoms with E-state index in [9.17, 15) is 4.79 Å². The third-order valence-electron chi connectivity index (χ3n) is 3.13. The van der Waals surface area contributed by atoms with E-state index in [1.807, 2.05) is 32.9 Å². The van der Waals surface area contributed by atoms with Crippen LogP contribution in [0.5, 0.6) is 0 Å². The summed E-state index contributed by atoms with van der Waals surface area (Å²) in [7, 11) is 0. The molecule has 0 aliphatic rings. The molecule has 0 bridgehead atoms. The summed E-state index contributed by atoms with van der Waals surface area (Å²) in [5.41, 5.74) is 1.85. The maximum absolute atomic E-state index is 12.1. The number of aryl methyl sites for hydroxylation is 2. The second-order valence-electron chi connectivity index (χ2n) is 4.69. The Kier molecular flexibility index (Phi) is 4.53. The van der Waals surface area contributed by atoms with E-state index in [1.165, 1.54) is 0 Å². The molecule has 1 aromatic rings. The van der Waals surface area contributed by atoms with Crippen LogP contribution in [0.4, 0.5) is 5.69 Å². The second kappa shape index (κ2) is 5.53. The highest BCUT2D eigenvalue weighted by Gasteiger charge is 2.31. The lowest BCUT2D eigenvalue weighted by atomic mass is 9.88. The smallest absolute Gasteiger partial charge is 0.244 e. The molecule has 0 radical (unpaired) electrons. The van der Waals surface area contributed by atoms with Crippen LogP contribution in [0, 0.1) is 30.6 Å². The monoisotopic (exact) mass is 308 g/mol. The van der Waals surface area contributed by atoms with Gasteiger partial charge in [-0.05, 0) is 60.3 Å². The number of hydrogen-bond acceptors (Lipinski definition) is 2. The zero-order chi connectivity index (χ0) is 13.9. The van der Waals surface area contributed by atoms with E-state index in [0.717, 1.165) is 21.3 Å². The molecule has 1 atom stereocenters. The molecule has 1 aromatic carbocycles. The van der Waals surface area contributed by atoms with Crippen LogP contribution in [-0.2, 0) is 4.79 Å². The van der Waals surface area contributed by atoms with Crippen LogP contribution < -0.4 is 5.32 Å². The van der Waals surface area contributed by atoms with E-state index in [1.54, 1.807) is 6.92 Å². The Labute approximate surface area is 116 Å². The molecule has 0 aliphatic heterocycles. The number of amides is 1. The molecule has 1 unspecified atom stereocenters. The van der Waals surface area contributed by atoms with Crippen molar-refractivity contribution >= 4 is 27.5 Å². The first-order valence-electron chi connectivity index (χ1n) is 5.83. The molecule has 0 aromatic heterocycles. The fraction of sp³-hybridized carbons (Fsp3) is 0.429. The third-order valence-corrected chi connectivity index (χ3v) is 3.75. The van der Waals surface area contributed by atoms with E-state index in [0.29, 0.717) is 6.42 Å². The summed E-state index contributed by atoms with van der Waals surface area (Å²) in [6.45, 7) is 7.41. The van der Waals surface area contributed by atoms with Crippen LogP contribution >= 0.6 is 15.9 Å². The van der Waals surface area contributed by atoms with E-state index < -0.39 is 5.41 Å². The van der Waals surface area contributed by atoms with Crippen LogP contribution in [0.25, 0.3) is 0 Å². The lowest BCUT2D eigenvalue weighted by molar-refractivity contribution is -0.122. The van der Waals surface area contributed by atoms with Crippen LogP contribution in [0.1, 0.15) is 31.4 Å². The highest BCUT2D eigenvalue weighted by molar-refractivity contribution is 9.10. The number of nitrogens with zero attached hydrogens (tertiary/aromatic N) is 1. The Hall–Kier alpha value is -1.34. The minimum Gasteiger partial charge on any atom is -0.323 e. The second-order valence-corrected chi connectivity index (χ2v) is 5.54. The number of rotatable bonds is 3. The minimum absolute atomic E-state index is 0.264. The Bertz CT molecular complexity index is 496. The van der Waals surface area contributed by atoms with Crippen molar-refractivity contribution in [2.24, 2.45) is 5.41 Å². The molecule has 3 nitrogen and oxygen atoms in total. The van der Waals surface area contributed by atoms with Gasteiger partial charge in [0.2, 0.25) is 5.91 Å². The molecule has 4 heteroatoms. The molecular formula is C14H17BrN2O. The van der Waals surface area contributed by atoms with Gasteiger partial charge < -0.3 is 5.32 Å². The van der Waals surface area contributed by atoms with Crippen molar-refractivity contribution < 1.29 is 4.79 Å². The van der Waals surface area contributed by atoms with Gasteiger partial charge in [-0.1, -0.05) is 13.0 Å². The maximum atomic E-state index is 12.1. The van der Waals surface area contributed by atoms with E-state index in [-0.39, 0.29) is 5.91 Å². The highest BCUT2D eigenvalue weighted by Crippen LogP contribution is 2.30. The molecule has 96 valence electrons. The van der Waals surface area contributed by atoms with Gasteiger partial charge >= 0.3 is 0 Å². The van der Waals surface area contributed by atoms with Gasteiger partial charge in [0.1, 0.15) is 5.41 Å². The van der Waals surface area contributed by atoms with Gasteiger partial charge in [0.05, 0.1) is 11.8 Å². The van der Waals surface area contributed by atoms with Crippen LogP contribution in [0.15, 0.2) is 16.6 Å². The number of nitrogens with one attached hydrogen (secondary N) is 1. The largest absolute Gasteiger partial charge is 0.323 e. The molecule has 0 aliphatic carbocycles. The lowest BCUT2D eigenvalue weighted by Crippen LogP contribution is -2.31. The number of carbonyl (C=O) groups is 1. The first kappa shape index (κ1) is 14.7. The molecule has 1 rings (SSSR count). The summed E-state index contributed by atoms with van der Waals surface area (Å²) in [5, 5.41) is 11.9. The standard InChI is InChI=1S/C14H17BrN2O/c1-5-14(4,8-16)13(18)17-12-10(3)6-9(2)7-11(12)15/h6-7H,5H2,1-4H3,(H,17,18). The fourth-order valence-electron chi connectivity index (χ4n) is 1.62. The van der Waals surface area contributed by atoms with Crippen molar-refractivity contribution in [2.75, 3.05) is 5.32 Å². The number of anilines is 1. The van der Waals surface area contributed by atoms with Crippen LogP contribution in [0.3, 0.4) is 0 Å². The summed E-state index contributed by atoms with van der Waals surface area (Å²) in [4.78, 5) is 12.1. The molecule has 1 amide bonds. The molecule has 0 spiro atoms. The third kappa shape index (κ3) is 2.91. The van der Waals surface area contributed by atoms with Crippen molar-refractivity contribution in [1.29, 1.82) is 5.26 Å². The predicted molar refractivity (Wildman–Crippen MR) is 76.3 cm³/mol. The SMILES string of the molecule is CCC(C)(C#N)C(=O)Nc1c(C)cc(C)cc1Br. The summed E-state index contributed by atoms with van der Waals surface area (Å²) in [6.07, 6.45) is 0.484.